The first-order valence-corrected chi connectivity index (χ1v) is 19.9. The van der Waals surface area contributed by atoms with E-state index >= 15 is 0 Å². The van der Waals surface area contributed by atoms with Crippen molar-refractivity contribution >= 4 is 35.4 Å². The molecule has 1 N–H and O–H groups in total. The largest absolute Gasteiger partial charge is 0.468 e. The van der Waals surface area contributed by atoms with Gasteiger partial charge in [-0.2, -0.15) is 0 Å². The molecule has 300 valence electrons. The molecule has 0 aromatic carbocycles. The lowest BCUT2D eigenvalue weighted by molar-refractivity contribution is -0.295. The number of esters is 1. The van der Waals surface area contributed by atoms with Crippen molar-refractivity contribution in [2.75, 3.05) is 33.5 Å². The van der Waals surface area contributed by atoms with Crippen molar-refractivity contribution in [3.8, 4) is 0 Å². The van der Waals surface area contributed by atoms with Crippen LogP contribution in [0.25, 0.3) is 0 Å². The normalized spacial score (nSPS) is 39.1. The summed E-state index contributed by atoms with van der Waals surface area (Å²) in [5.41, 5.74) is -2.64. The minimum absolute atomic E-state index is 0.138. The molecular formula is C39H62N2O11S. The Morgan fingerprint density at radius 2 is 1.74 bits per heavy atom. The SMILES string of the molecule is CC[C@H]1OC(=O)[C@H](C)C(=O)[C@H](C)[C@@H](O[C@@H]2O[C@H](C)C[C@H](N(C)C)[C@H]2O)[C@@](C)(OC)C[C@@H](C)C(=O)[C@H](C)[C@H]2N(CCCSc3ccoc3C)C(=O)O[C@]12C. The van der Waals surface area contributed by atoms with E-state index in [1.54, 1.807) is 50.6 Å². The van der Waals surface area contributed by atoms with Gasteiger partial charge in [-0.15, -0.1) is 11.8 Å². The zero-order valence-corrected chi connectivity index (χ0v) is 34.4. The van der Waals surface area contributed by atoms with Crippen LogP contribution in [0.4, 0.5) is 4.79 Å². The Labute approximate surface area is 319 Å². The predicted molar refractivity (Wildman–Crippen MR) is 198 cm³/mol. The Hall–Kier alpha value is -2.49. The molecule has 0 saturated carbocycles. The lowest BCUT2D eigenvalue weighted by Crippen LogP contribution is -2.60. The van der Waals surface area contributed by atoms with Gasteiger partial charge in [0.1, 0.15) is 29.7 Å². The van der Waals surface area contributed by atoms with E-state index in [4.69, 9.17) is 28.1 Å². The number of rotatable bonds is 10. The lowest BCUT2D eigenvalue weighted by Gasteiger charge is -2.47. The zero-order valence-electron chi connectivity index (χ0n) is 33.6. The summed E-state index contributed by atoms with van der Waals surface area (Å²) in [4.78, 5) is 60.9. The highest BCUT2D eigenvalue weighted by Crippen LogP contribution is 2.43. The minimum Gasteiger partial charge on any atom is -0.468 e. The number of aryl methyl sites for hydroxylation is 1. The van der Waals surface area contributed by atoms with Gasteiger partial charge in [-0.05, 0) is 86.2 Å². The molecule has 3 fully saturated rings. The van der Waals surface area contributed by atoms with Crippen molar-refractivity contribution < 1.29 is 52.4 Å². The van der Waals surface area contributed by atoms with Gasteiger partial charge in [-0.3, -0.25) is 14.4 Å². The number of ketones is 2. The number of thioether (sulfide) groups is 1. The molecule has 4 rings (SSSR count). The summed E-state index contributed by atoms with van der Waals surface area (Å²) in [7, 11) is 5.24. The Morgan fingerprint density at radius 1 is 1.06 bits per heavy atom. The third-order valence-electron chi connectivity index (χ3n) is 11.8. The van der Waals surface area contributed by atoms with Gasteiger partial charge < -0.3 is 43.0 Å². The fraction of sp³-hybridized carbons (Fsp3) is 0.795. The van der Waals surface area contributed by atoms with Crippen LogP contribution in [-0.4, -0.2) is 126 Å². The summed E-state index contributed by atoms with van der Waals surface area (Å²) in [5.74, 6) is -3.37. The second-order valence-corrected chi connectivity index (χ2v) is 17.1. The number of hydrogen-bond donors (Lipinski definition) is 1. The first-order valence-electron chi connectivity index (χ1n) is 19.0. The quantitative estimate of drug-likeness (QED) is 0.142. The molecule has 53 heavy (non-hydrogen) atoms. The Bertz CT molecular complexity index is 1450. The molecule has 0 aliphatic carbocycles. The molecule has 1 aromatic heterocycles. The highest BCUT2D eigenvalue weighted by Gasteiger charge is 2.60. The number of carbonyl (C=O) groups excluding carboxylic acids is 4. The van der Waals surface area contributed by atoms with Crippen LogP contribution in [0.15, 0.2) is 21.6 Å². The van der Waals surface area contributed by atoms with Gasteiger partial charge in [0.2, 0.25) is 0 Å². The fourth-order valence-corrected chi connectivity index (χ4v) is 9.55. The van der Waals surface area contributed by atoms with E-state index in [1.807, 2.05) is 52.8 Å². The van der Waals surface area contributed by atoms with Gasteiger partial charge in [-0.25, -0.2) is 4.79 Å². The smallest absolute Gasteiger partial charge is 0.410 e. The van der Waals surface area contributed by atoms with Crippen molar-refractivity contribution in [1.82, 2.24) is 9.80 Å². The van der Waals surface area contributed by atoms with Gasteiger partial charge in [0.15, 0.2) is 17.7 Å². The van der Waals surface area contributed by atoms with E-state index < -0.39 is 83.4 Å². The van der Waals surface area contributed by atoms with Crippen LogP contribution < -0.4 is 0 Å². The molecule has 0 bridgehead atoms. The summed E-state index contributed by atoms with van der Waals surface area (Å²) in [5, 5.41) is 11.4. The Kier molecular flexibility index (Phi) is 14.3. The van der Waals surface area contributed by atoms with Crippen LogP contribution in [0.2, 0.25) is 0 Å². The molecule has 3 saturated heterocycles. The van der Waals surface area contributed by atoms with Gasteiger partial charge in [0.05, 0.1) is 30.1 Å². The topological polar surface area (TPSA) is 154 Å². The van der Waals surface area contributed by atoms with Gasteiger partial charge in [0.25, 0.3) is 0 Å². The summed E-state index contributed by atoms with van der Waals surface area (Å²) in [6, 6.07) is 0.861. The fourth-order valence-electron chi connectivity index (χ4n) is 8.65. The summed E-state index contributed by atoms with van der Waals surface area (Å²) < 4.78 is 36.5. The van der Waals surface area contributed by atoms with Crippen molar-refractivity contribution in [3.63, 3.8) is 0 Å². The maximum Gasteiger partial charge on any atom is 0.410 e. The second kappa shape index (κ2) is 17.5. The first-order chi connectivity index (χ1) is 24.8. The standard InChI is InChI=1S/C39H62N2O11S/c1-13-29-39(9)33(41(37(46)52-39)16-14-18-53-28-15-17-48-26(28)7)23(4)30(42)21(2)20-38(8,47-12)34(24(5)31(43)25(6)35(45)50-29)51-36-32(44)27(40(10)11)19-22(3)49-36/h15,17,21-25,27,29,32-34,36,44H,13-14,16,18-20H2,1-12H3/t21-,22-,23+,24+,25-,27+,29-,32-,33-,34-,36+,38+,39-/m1/s1. The second-order valence-electron chi connectivity index (χ2n) is 15.9. The van der Waals surface area contributed by atoms with E-state index in [9.17, 15) is 24.3 Å². The van der Waals surface area contributed by atoms with Gasteiger partial charge >= 0.3 is 12.1 Å². The van der Waals surface area contributed by atoms with Crippen molar-refractivity contribution in [3.05, 3.63) is 18.1 Å². The highest BCUT2D eigenvalue weighted by atomic mass is 32.2. The molecular weight excluding hydrogens is 704 g/mol. The minimum atomic E-state index is -1.38. The maximum atomic E-state index is 14.6. The molecule has 14 heteroatoms. The molecule has 4 heterocycles. The summed E-state index contributed by atoms with van der Waals surface area (Å²) >= 11 is 1.62. The number of amides is 1. The number of fused-ring (bicyclic) bond motifs is 1. The number of furan rings is 1. The van der Waals surface area contributed by atoms with E-state index in [0.717, 1.165) is 10.7 Å². The zero-order chi connectivity index (χ0) is 39.6. The monoisotopic (exact) mass is 766 g/mol. The third-order valence-corrected chi connectivity index (χ3v) is 13.0. The lowest BCUT2D eigenvalue weighted by atomic mass is 9.73. The van der Waals surface area contributed by atoms with Crippen LogP contribution in [0.5, 0.6) is 0 Å². The number of ether oxygens (including phenoxy) is 5. The third kappa shape index (κ3) is 8.99. The predicted octanol–water partition coefficient (Wildman–Crippen LogP) is 5.27. The van der Waals surface area contributed by atoms with Crippen LogP contribution in [0.1, 0.15) is 86.8 Å². The number of nitrogens with zero attached hydrogens (tertiary/aromatic N) is 2. The Balaban J connectivity index is 1.72. The molecule has 13 atom stereocenters. The molecule has 0 radical (unpaired) electrons. The average molecular weight is 767 g/mol. The first kappa shape index (κ1) is 43.2. The molecule has 13 nitrogen and oxygen atoms in total. The highest BCUT2D eigenvalue weighted by molar-refractivity contribution is 7.99. The summed E-state index contributed by atoms with van der Waals surface area (Å²) in [6.07, 6.45) is -1.73. The van der Waals surface area contributed by atoms with Gasteiger partial charge in [0, 0.05) is 42.3 Å². The number of hydrogen-bond acceptors (Lipinski definition) is 13. The van der Waals surface area contributed by atoms with Crippen molar-refractivity contribution in [2.45, 2.75) is 147 Å². The molecule has 0 unspecified atom stereocenters. The molecule has 1 aromatic rings. The van der Waals surface area contributed by atoms with Crippen LogP contribution in [0, 0.1) is 30.6 Å². The molecule has 3 aliphatic heterocycles. The van der Waals surface area contributed by atoms with Crippen LogP contribution in [0.3, 0.4) is 0 Å². The van der Waals surface area contributed by atoms with E-state index in [1.165, 1.54) is 14.0 Å². The van der Waals surface area contributed by atoms with E-state index in [2.05, 4.69) is 0 Å². The van der Waals surface area contributed by atoms with Gasteiger partial charge in [-0.1, -0.05) is 27.7 Å². The van der Waals surface area contributed by atoms with Crippen molar-refractivity contribution in [1.29, 1.82) is 0 Å². The summed E-state index contributed by atoms with van der Waals surface area (Å²) in [6.45, 7) is 16.2. The number of carbonyl (C=O) groups is 4. The average Bonchev–Trinajstić information content (AvgIpc) is 3.64. The van der Waals surface area contributed by atoms with Crippen molar-refractivity contribution in [2.24, 2.45) is 23.7 Å². The number of aliphatic hydroxyl groups excluding tert-OH is 1. The van der Waals surface area contributed by atoms with Crippen LogP contribution in [-0.2, 0) is 38.1 Å². The number of likely N-dealkylation sites (N-methyl/N-ethyl adjacent to an activating group) is 1. The number of Topliss-reactive ketones (excluding diaryl/α,β-unsaturated/α-hetero) is 2. The number of cyclic esters (lactones) is 1. The number of aliphatic hydroxyl groups is 1. The van der Waals surface area contributed by atoms with E-state index in [-0.39, 0.29) is 30.8 Å². The van der Waals surface area contributed by atoms with E-state index in [0.29, 0.717) is 25.1 Å². The molecule has 0 spiro atoms. The van der Waals surface area contributed by atoms with Crippen LogP contribution >= 0.6 is 11.8 Å². The molecule has 3 aliphatic rings. The Morgan fingerprint density at radius 3 is 2.32 bits per heavy atom. The number of methoxy groups -OCH3 is 1. The molecule has 1 amide bonds. The maximum absolute atomic E-state index is 14.6.